The lowest BCUT2D eigenvalue weighted by Crippen LogP contribution is -2.36. The molecule has 0 bridgehead atoms. The molecule has 5 N–H and O–H groups in total. The van der Waals surface area contributed by atoms with Crippen molar-refractivity contribution in [2.24, 2.45) is 10.7 Å². The summed E-state index contributed by atoms with van der Waals surface area (Å²) in [6, 6.07) is 16.9. The molecule has 0 radical (unpaired) electrons. The summed E-state index contributed by atoms with van der Waals surface area (Å²) >= 11 is 0. The first-order valence-electron chi connectivity index (χ1n) is 10.1. The molecule has 8 heteroatoms. The van der Waals surface area contributed by atoms with E-state index in [0.29, 0.717) is 29.3 Å². The molecule has 2 aromatic carbocycles. The third-order valence-corrected chi connectivity index (χ3v) is 4.87. The fourth-order valence-corrected chi connectivity index (χ4v) is 3.06. The molecule has 0 heterocycles. The predicted octanol–water partition coefficient (Wildman–Crippen LogP) is 4.21. The van der Waals surface area contributed by atoms with E-state index in [2.05, 4.69) is 22.5 Å². The van der Waals surface area contributed by atoms with Gasteiger partial charge in [0, 0.05) is 29.9 Å². The number of aliphatic imine (C=N–C) groups is 1. The number of nitrogens with zero attached hydrogens (tertiary/aromatic N) is 1. The second-order valence-electron chi connectivity index (χ2n) is 7.10. The molecule has 7 nitrogen and oxygen atoms in total. The monoisotopic (exact) mass is 453 g/mol. The van der Waals surface area contributed by atoms with Gasteiger partial charge in [0.05, 0.1) is 29.9 Å². The van der Waals surface area contributed by atoms with E-state index < -0.39 is 0 Å². The summed E-state index contributed by atoms with van der Waals surface area (Å²) in [5.41, 5.74) is 9.52. The Hall–Kier alpha value is -3.58. The zero-order valence-electron chi connectivity index (χ0n) is 18.1. The average Bonchev–Trinajstić information content (AvgIpc) is 2.79. The molecular formula is C24H28ClN5O2. The van der Waals surface area contributed by atoms with Crippen LogP contribution in [-0.2, 0) is 4.74 Å². The first kappa shape index (κ1) is 24.7. The highest BCUT2D eigenvalue weighted by atomic mass is 35.5. The zero-order valence-corrected chi connectivity index (χ0v) is 18.9. The van der Waals surface area contributed by atoms with Crippen molar-refractivity contribution < 1.29 is 9.53 Å². The van der Waals surface area contributed by atoms with Crippen LogP contribution in [-0.4, -0.2) is 37.0 Å². The number of methoxy groups -OCH3 is 1. The third-order valence-electron chi connectivity index (χ3n) is 4.87. The summed E-state index contributed by atoms with van der Waals surface area (Å²) in [6.07, 6.45) is 4.05. The van der Waals surface area contributed by atoms with Gasteiger partial charge in [-0.2, -0.15) is 0 Å². The predicted molar refractivity (Wildman–Crippen MR) is 132 cm³/mol. The molecule has 1 unspecified atom stereocenters. The standard InChI is InChI=1S/C24H27N5O2.ClH/c1-3-17(15-27-24(30)16-7-5-4-6-8-16)28-18-9-11-19(12-10-18)29-22-14-23(31-2)21(26)13-20(22)25;/h4-14,17,26,28H,3,15,25H2,1-2H3,(H,27,30);1H. The molecule has 0 aliphatic heterocycles. The van der Waals surface area contributed by atoms with Crippen LogP contribution in [0, 0.1) is 5.41 Å². The topological polar surface area (TPSA) is 113 Å². The van der Waals surface area contributed by atoms with Crippen LogP contribution >= 0.6 is 12.4 Å². The van der Waals surface area contributed by atoms with E-state index in [1.165, 1.54) is 13.2 Å². The summed E-state index contributed by atoms with van der Waals surface area (Å²) in [6.45, 7) is 2.59. The van der Waals surface area contributed by atoms with Gasteiger partial charge < -0.3 is 21.1 Å². The summed E-state index contributed by atoms with van der Waals surface area (Å²) in [5, 5.41) is 14.2. The quantitative estimate of drug-likeness (QED) is 0.448. The van der Waals surface area contributed by atoms with Crippen molar-refractivity contribution in [1.29, 1.82) is 5.41 Å². The van der Waals surface area contributed by atoms with Crippen molar-refractivity contribution in [1.82, 2.24) is 5.32 Å². The van der Waals surface area contributed by atoms with E-state index in [1.807, 2.05) is 42.5 Å². The molecule has 0 saturated heterocycles. The second kappa shape index (κ2) is 11.7. The number of carbonyl (C=O) groups is 1. The van der Waals surface area contributed by atoms with Crippen molar-refractivity contribution in [3.63, 3.8) is 0 Å². The third kappa shape index (κ3) is 6.46. The molecular weight excluding hydrogens is 426 g/mol. The summed E-state index contributed by atoms with van der Waals surface area (Å²) in [4.78, 5) is 16.8. The number of nitrogens with one attached hydrogen (secondary N) is 3. The van der Waals surface area contributed by atoms with Crippen LogP contribution in [0.1, 0.15) is 23.7 Å². The minimum Gasteiger partial charge on any atom is -0.494 e. The molecule has 168 valence electrons. The molecule has 1 aliphatic carbocycles. The number of hydrogen-bond acceptors (Lipinski definition) is 6. The van der Waals surface area contributed by atoms with Gasteiger partial charge in [0.25, 0.3) is 5.91 Å². The number of anilines is 1. The highest BCUT2D eigenvalue weighted by Gasteiger charge is 2.15. The van der Waals surface area contributed by atoms with Crippen molar-refractivity contribution in [3.05, 3.63) is 83.8 Å². The lowest BCUT2D eigenvalue weighted by Gasteiger charge is -2.19. The van der Waals surface area contributed by atoms with E-state index in [0.717, 1.165) is 17.8 Å². The Morgan fingerprint density at radius 1 is 1.12 bits per heavy atom. The van der Waals surface area contributed by atoms with Crippen LogP contribution in [0.3, 0.4) is 0 Å². The number of carbonyl (C=O) groups excluding carboxylic acids is 1. The number of ether oxygens (including phenoxy) is 1. The Bertz CT molecular complexity index is 1030. The minimum atomic E-state index is -0.0817. The molecule has 32 heavy (non-hydrogen) atoms. The zero-order chi connectivity index (χ0) is 22.2. The van der Waals surface area contributed by atoms with Crippen molar-refractivity contribution in [3.8, 4) is 0 Å². The normalized spacial score (nSPS) is 15.2. The molecule has 0 saturated carbocycles. The van der Waals surface area contributed by atoms with E-state index in [4.69, 9.17) is 15.9 Å². The maximum Gasteiger partial charge on any atom is 0.251 e. The van der Waals surface area contributed by atoms with Crippen LogP contribution < -0.4 is 16.4 Å². The fourth-order valence-electron chi connectivity index (χ4n) is 3.06. The smallest absolute Gasteiger partial charge is 0.251 e. The van der Waals surface area contributed by atoms with Gasteiger partial charge in [0.1, 0.15) is 5.76 Å². The highest BCUT2D eigenvalue weighted by Crippen LogP contribution is 2.20. The molecule has 1 aliphatic rings. The van der Waals surface area contributed by atoms with Crippen LogP contribution in [0.5, 0.6) is 0 Å². The van der Waals surface area contributed by atoms with E-state index >= 15 is 0 Å². The van der Waals surface area contributed by atoms with Crippen LogP contribution in [0.4, 0.5) is 11.4 Å². The number of amides is 1. The Morgan fingerprint density at radius 3 is 2.44 bits per heavy atom. The Morgan fingerprint density at radius 2 is 1.81 bits per heavy atom. The first-order chi connectivity index (χ1) is 15.0. The minimum absolute atomic E-state index is 0. The Labute approximate surface area is 194 Å². The first-order valence-corrected chi connectivity index (χ1v) is 10.1. The lowest BCUT2D eigenvalue weighted by atomic mass is 10.1. The van der Waals surface area contributed by atoms with Crippen LogP contribution in [0.2, 0.25) is 0 Å². The SMILES string of the molecule is CCC(CNC(=O)c1ccccc1)Nc1ccc(N=C2C=C(OC)C(=N)C=C2N)cc1.Cl. The lowest BCUT2D eigenvalue weighted by molar-refractivity contribution is 0.0952. The molecule has 0 spiro atoms. The van der Waals surface area contributed by atoms with Crippen molar-refractivity contribution >= 4 is 41.1 Å². The van der Waals surface area contributed by atoms with Gasteiger partial charge in [0.2, 0.25) is 0 Å². The van der Waals surface area contributed by atoms with Crippen molar-refractivity contribution in [2.75, 3.05) is 19.0 Å². The van der Waals surface area contributed by atoms with E-state index in [1.54, 1.807) is 18.2 Å². The van der Waals surface area contributed by atoms with Gasteiger partial charge >= 0.3 is 0 Å². The molecule has 0 aromatic heterocycles. The number of allylic oxidation sites excluding steroid dienone is 2. The second-order valence-corrected chi connectivity index (χ2v) is 7.10. The van der Waals surface area contributed by atoms with Gasteiger partial charge in [-0.05, 0) is 48.9 Å². The largest absolute Gasteiger partial charge is 0.494 e. The molecule has 1 atom stereocenters. The van der Waals surface area contributed by atoms with Gasteiger partial charge in [-0.25, -0.2) is 4.99 Å². The number of benzene rings is 2. The summed E-state index contributed by atoms with van der Waals surface area (Å²) in [7, 11) is 1.51. The number of halogens is 1. The van der Waals surface area contributed by atoms with Gasteiger partial charge in [-0.1, -0.05) is 25.1 Å². The average molecular weight is 454 g/mol. The fraction of sp³-hybridized carbons (Fsp3) is 0.208. The molecule has 0 fully saturated rings. The van der Waals surface area contributed by atoms with Gasteiger partial charge in [-0.3, -0.25) is 10.2 Å². The summed E-state index contributed by atoms with van der Waals surface area (Å²) in [5.74, 6) is 0.344. The van der Waals surface area contributed by atoms with E-state index in [-0.39, 0.29) is 30.1 Å². The van der Waals surface area contributed by atoms with Crippen molar-refractivity contribution in [2.45, 2.75) is 19.4 Å². The molecule has 1 amide bonds. The van der Waals surface area contributed by atoms with Gasteiger partial charge in [0.15, 0.2) is 0 Å². The maximum atomic E-state index is 12.2. The van der Waals surface area contributed by atoms with Gasteiger partial charge in [-0.15, -0.1) is 12.4 Å². The Balaban J connectivity index is 0.00000363. The summed E-state index contributed by atoms with van der Waals surface area (Å²) < 4.78 is 5.18. The number of nitrogens with two attached hydrogens (primary N) is 1. The molecule has 3 rings (SSSR count). The highest BCUT2D eigenvalue weighted by molar-refractivity contribution is 6.22. The van der Waals surface area contributed by atoms with Crippen LogP contribution in [0.15, 0.2) is 83.2 Å². The number of rotatable bonds is 8. The molecule has 2 aromatic rings. The van der Waals surface area contributed by atoms with Crippen LogP contribution in [0.25, 0.3) is 0 Å². The Kier molecular flexibility index (Phi) is 9.04. The van der Waals surface area contributed by atoms with E-state index in [9.17, 15) is 4.79 Å². The number of hydrogen-bond donors (Lipinski definition) is 4. The maximum absolute atomic E-state index is 12.2.